The molecule has 1 fully saturated rings. The molecule has 13 amide bonds. The van der Waals surface area contributed by atoms with Gasteiger partial charge in [0.05, 0.1) is 77.7 Å². The van der Waals surface area contributed by atoms with E-state index in [2.05, 4.69) is 114 Å². The van der Waals surface area contributed by atoms with Crippen molar-refractivity contribution in [1.82, 2.24) is 160 Å². The first-order chi connectivity index (χ1) is 66.8. The number of nitrogens with one attached hydrogen (secondary N) is 13. The van der Waals surface area contributed by atoms with E-state index in [9.17, 15) is 81.5 Å². The number of terminal acetylenes is 1. The summed E-state index contributed by atoms with van der Waals surface area (Å²) in [7, 11) is 0. The number of H-pyrrole nitrogens is 4. The van der Waals surface area contributed by atoms with Gasteiger partial charge in [0.25, 0.3) is 22.2 Å². The minimum Gasteiger partial charge on any atom is -0.369 e. The molecule has 0 bridgehead atoms. The van der Waals surface area contributed by atoms with Gasteiger partial charge in [-0.2, -0.15) is 19.9 Å². The number of imidazole rings is 4. The van der Waals surface area contributed by atoms with Crippen LogP contribution in [0.4, 0.5) is 29.5 Å². The number of hydrogen-bond donors (Lipinski definition) is 21. The maximum Gasteiger partial charge on any atom is 0.280 e. The number of carbonyl (C=O) groups is 13. The minimum absolute atomic E-state index is 0.00509. The van der Waals surface area contributed by atoms with Crippen molar-refractivity contribution < 1.29 is 62.3 Å². The average Bonchev–Trinajstić information content (AvgIpc) is 1.67. The van der Waals surface area contributed by atoms with E-state index < -0.39 is 138 Å². The summed E-state index contributed by atoms with van der Waals surface area (Å²) in [5.41, 5.74) is 45.1. The summed E-state index contributed by atoms with van der Waals surface area (Å²) in [4.78, 5) is 284. The zero-order valence-electron chi connectivity index (χ0n) is 76.4. The molecule has 748 valence electrons. The van der Waals surface area contributed by atoms with Gasteiger partial charge >= 0.3 is 0 Å². The number of carbonyl (C=O) groups excluding carboxylic acids is 13. The van der Waals surface area contributed by atoms with E-state index >= 15 is 0 Å². The van der Waals surface area contributed by atoms with E-state index in [1.807, 2.05) is 4.90 Å². The smallest absolute Gasteiger partial charge is 0.280 e. The van der Waals surface area contributed by atoms with Gasteiger partial charge in [0.15, 0.2) is 44.7 Å². The maximum atomic E-state index is 14.8. The molecule has 8 aromatic heterocycles. The molecule has 1 aliphatic heterocycles. The van der Waals surface area contributed by atoms with Gasteiger partial charge in [0.2, 0.25) is 101 Å². The molecule has 0 aliphatic carbocycles. The van der Waals surface area contributed by atoms with Gasteiger partial charge in [-0.3, -0.25) is 121 Å². The number of aromatic nitrogens is 16. The zero-order valence-corrected chi connectivity index (χ0v) is 76.4. The fraction of sp³-hybridized carbons (Fsp3) is 0.494. The fourth-order valence-electron chi connectivity index (χ4n) is 14.8. The molecule has 10 rings (SSSR count). The van der Waals surface area contributed by atoms with Crippen molar-refractivity contribution >= 4 is 151 Å². The predicted octanol–water partition coefficient (Wildman–Crippen LogP) is -13.5. The Bertz CT molecular complexity index is 6130. The maximum absolute atomic E-state index is 14.8. The van der Waals surface area contributed by atoms with Gasteiger partial charge < -0.3 is 132 Å². The topological polar surface area (TPSA) is 819 Å². The molecule has 139 heavy (non-hydrogen) atoms. The van der Waals surface area contributed by atoms with Crippen LogP contribution in [-0.4, -0.2) is 403 Å². The number of nitrogen functional groups attached to an aromatic ring is 4. The normalized spacial score (nSPS) is 13.4. The molecule has 1 aromatic carbocycles. The van der Waals surface area contributed by atoms with Crippen molar-refractivity contribution in [1.29, 1.82) is 0 Å². The molecule has 1 saturated heterocycles. The molecule has 58 nitrogen and oxygen atoms in total. The van der Waals surface area contributed by atoms with Crippen LogP contribution in [0.5, 0.6) is 0 Å². The molecule has 9 aromatic rings. The highest BCUT2D eigenvalue weighted by Gasteiger charge is 2.31. The molecular weight excluding hydrogens is 1820 g/mol. The molecule has 58 heteroatoms. The van der Waals surface area contributed by atoms with Crippen LogP contribution in [0, 0.1) is 12.3 Å². The lowest BCUT2D eigenvalue weighted by molar-refractivity contribution is -0.136. The SMILES string of the molecule is C#CCCCC(=O)Nc1ccc(CC2CN(CC(=O)NCCNC(=O)CN(CCN)C(=O)Cn3cnc4c(=O)[nH]c(N)nc43)CCN(CC(=O)NCCNC(=O)CN(CCN)C(=O)Cn3cnc4c(=O)[nH]c(N)nc43)CCN(CC(=O)NCCNC(=O)CN(CCN)C(=O)Cn3cnc4c(=O)[nH]c(N)nc43)CCN2CC(=O)NCCNC(=O)CN(CCN)C(=O)Cn2cnc3c(=O)[nH]c(N)nc32)cc1. The van der Waals surface area contributed by atoms with Gasteiger partial charge in [-0.1, -0.05) is 12.1 Å². The largest absolute Gasteiger partial charge is 0.369 e. The van der Waals surface area contributed by atoms with Crippen LogP contribution in [0.25, 0.3) is 44.7 Å². The quantitative estimate of drug-likeness (QED) is 0.0124. The minimum atomic E-state index is -0.748. The lowest BCUT2D eigenvalue weighted by Crippen LogP contribution is -2.55. The van der Waals surface area contributed by atoms with Crippen LogP contribution >= 0.6 is 0 Å². The summed E-state index contributed by atoms with van der Waals surface area (Å²) >= 11 is 0. The Morgan fingerprint density at radius 3 is 0.957 bits per heavy atom. The van der Waals surface area contributed by atoms with E-state index in [0.29, 0.717) is 24.1 Å². The second-order valence-electron chi connectivity index (χ2n) is 32.1. The van der Waals surface area contributed by atoms with Crippen LogP contribution in [0.1, 0.15) is 24.8 Å². The first-order valence-corrected chi connectivity index (χ1v) is 44.4. The first-order valence-electron chi connectivity index (χ1n) is 44.4. The summed E-state index contributed by atoms with van der Waals surface area (Å²) in [6.07, 6.45) is 11.5. The average molecular weight is 1940 g/mol. The van der Waals surface area contributed by atoms with E-state index in [-0.39, 0.29) is 277 Å². The molecular formula is C81H117N41O17. The summed E-state index contributed by atoms with van der Waals surface area (Å²) in [6, 6.07) is 6.19. The Morgan fingerprint density at radius 2 is 0.655 bits per heavy atom. The molecule has 0 saturated carbocycles. The Morgan fingerprint density at radius 1 is 0.374 bits per heavy atom. The fourth-order valence-corrected chi connectivity index (χ4v) is 14.8. The van der Waals surface area contributed by atoms with Crippen LogP contribution < -0.4 is 116 Å². The number of amides is 13. The standard InChI is InChI=1S/C81H117N41O17/c1-2-3-4-5-53(123)102-51-8-6-50(7-9-51)32-52-33-113(36-56(126)92-16-19-96-60(130)40-117(24-12-84)64(134)44-121-48-100-68-72(121)105-80(88)109-76(68)138)29-28-111(34-54(124)90-14-17-94-58(128)38-115(22-10-82)62(132)42-119-46-98-66-70(119)103-78(86)107-74(66)136)26-27-112(35-55(125)91-15-18-95-59(129)39-116(23-11-83)63(133)43-120-47-99-67-71(120)104-79(87)108-75(67)137)30-31-114(52)37-57(127)93-20-21-97-61(131)41-118(25-13-85)65(135)45-122-49-101-69-73(122)106-81(89)110-77(69)139/h1,6-9,46-49,52H,3-5,10-45,82-85H2,(H,90,124)(H,91,125)(H,92,126)(H,93,127)(H,94,128)(H,95,129)(H,96,130)(H,97,131)(H,102,123)(H3,86,103,107,136)(H3,87,104,108,137)(H3,88,105,109,138)(H3,89,106,110,139). The van der Waals surface area contributed by atoms with E-state index in [1.54, 1.807) is 39.0 Å². The number of rotatable bonds is 50. The van der Waals surface area contributed by atoms with Crippen LogP contribution in [-0.2, 0) is 94.9 Å². The van der Waals surface area contributed by atoms with Gasteiger partial charge in [-0.15, -0.1) is 12.3 Å². The number of benzene rings is 1. The Hall–Kier alpha value is -15.8. The first kappa shape index (κ1) is 105. The van der Waals surface area contributed by atoms with Gasteiger partial charge in [-0.25, -0.2) is 19.9 Å². The third-order valence-corrected chi connectivity index (χ3v) is 21.7. The summed E-state index contributed by atoms with van der Waals surface area (Å²) in [6.45, 7) is -5.92. The monoisotopic (exact) mass is 1940 g/mol. The van der Waals surface area contributed by atoms with Crippen molar-refractivity contribution in [2.24, 2.45) is 22.9 Å². The highest BCUT2D eigenvalue weighted by molar-refractivity contribution is 5.92. The molecule has 1 unspecified atom stereocenters. The summed E-state index contributed by atoms with van der Waals surface area (Å²) in [5.74, 6) is -5.57. The number of fused-ring (bicyclic) bond motifs is 4. The van der Waals surface area contributed by atoms with Crippen molar-refractivity contribution in [3.05, 3.63) is 96.6 Å². The number of nitrogens with zero attached hydrogens (tertiary/aromatic N) is 20. The third kappa shape index (κ3) is 32.2. The Kier molecular flexibility index (Phi) is 39.6. The second kappa shape index (κ2) is 52.3. The molecule has 29 N–H and O–H groups in total. The molecule has 9 heterocycles. The van der Waals surface area contributed by atoms with Gasteiger partial charge in [-0.05, 0) is 30.5 Å². The second-order valence-corrected chi connectivity index (χ2v) is 32.1. The van der Waals surface area contributed by atoms with E-state index in [0.717, 1.165) is 0 Å². The van der Waals surface area contributed by atoms with Crippen molar-refractivity contribution in [3.8, 4) is 12.3 Å². The van der Waals surface area contributed by atoms with E-state index in [4.69, 9.17) is 52.3 Å². The molecule has 0 radical (unpaired) electrons. The van der Waals surface area contributed by atoms with Crippen LogP contribution in [0.3, 0.4) is 0 Å². The van der Waals surface area contributed by atoms with Crippen molar-refractivity contribution in [2.45, 2.75) is 57.9 Å². The number of aromatic amines is 4. The number of nitrogens with two attached hydrogens (primary N) is 8. The Labute approximate surface area is 790 Å². The number of unbranched alkanes of at least 4 members (excludes halogenated alkanes) is 1. The highest BCUT2D eigenvalue weighted by Crippen LogP contribution is 2.19. The molecule has 1 atom stereocenters. The third-order valence-electron chi connectivity index (χ3n) is 21.7. The number of hydrogen-bond acceptors (Lipinski definition) is 37. The zero-order chi connectivity index (χ0) is 100. The predicted molar refractivity (Wildman–Crippen MR) is 503 cm³/mol. The molecule has 0 spiro atoms. The van der Waals surface area contributed by atoms with E-state index in [1.165, 1.54) is 63.2 Å². The van der Waals surface area contributed by atoms with Gasteiger partial charge in [0, 0.05) is 175 Å². The number of anilines is 5. The summed E-state index contributed by atoms with van der Waals surface area (Å²) < 4.78 is 5.19. The van der Waals surface area contributed by atoms with Crippen molar-refractivity contribution in [3.63, 3.8) is 0 Å². The van der Waals surface area contributed by atoms with Crippen LogP contribution in [0.15, 0.2) is 68.8 Å². The van der Waals surface area contributed by atoms with Gasteiger partial charge in [0.1, 0.15) is 26.2 Å². The molecule has 1 aliphatic rings. The lowest BCUT2D eigenvalue weighted by atomic mass is 10.0. The Balaban J connectivity index is 0.876. The summed E-state index contributed by atoms with van der Waals surface area (Å²) in [5, 5.41) is 25.1. The highest BCUT2D eigenvalue weighted by atomic mass is 16.2. The van der Waals surface area contributed by atoms with Crippen LogP contribution in [0.2, 0.25) is 0 Å². The van der Waals surface area contributed by atoms with Crippen molar-refractivity contribution in [2.75, 3.05) is 231 Å². The lowest BCUT2D eigenvalue weighted by Gasteiger charge is -2.38.